The molecule has 0 aromatic carbocycles. The first-order chi connectivity index (χ1) is 12.5. The van der Waals surface area contributed by atoms with Gasteiger partial charge in [-0.05, 0) is 25.2 Å². The van der Waals surface area contributed by atoms with Crippen LogP contribution in [-0.2, 0) is 31.2 Å². The van der Waals surface area contributed by atoms with E-state index in [1.807, 2.05) is 42.7 Å². The molecule has 2 aromatic heterocycles. The molecule has 0 saturated carbocycles. The van der Waals surface area contributed by atoms with Crippen molar-refractivity contribution in [1.82, 2.24) is 25.0 Å². The van der Waals surface area contributed by atoms with Crippen LogP contribution in [0.2, 0.25) is 0 Å². The third-order valence-electron chi connectivity index (χ3n) is 5.67. The van der Waals surface area contributed by atoms with Crippen LogP contribution >= 0.6 is 11.3 Å². The van der Waals surface area contributed by atoms with E-state index in [2.05, 4.69) is 17.3 Å². The van der Waals surface area contributed by atoms with Crippen molar-refractivity contribution in [3.8, 4) is 0 Å². The minimum atomic E-state index is 0.106. The first-order valence-electron chi connectivity index (χ1n) is 9.43. The molecular formula is C19H27N5OS. The van der Waals surface area contributed by atoms with Crippen LogP contribution in [-0.4, -0.2) is 39.2 Å². The Morgan fingerprint density at radius 1 is 1.35 bits per heavy atom. The summed E-state index contributed by atoms with van der Waals surface area (Å²) >= 11 is 1.86. The Bertz CT molecular complexity index is 798. The van der Waals surface area contributed by atoms with E-state index in [0.717, 1.165) is 31.0 Å². The molecule has 0 radical (unpaired) electrons. The molecule has 1 aliphatic carbocycles. The predicted molar refractivity (Wildman–Crippen MR) is 102 cm³/mol. The topological polar surface area (TPSA) is 63.1 Å². The number of carbonyl (C=O) groups is 1. The zero-order chi connectivity index (χ0) is 18.3. The summed E-state index contributed by atoms with van der Waals surface area (Å²) < 4.78 is 1.80. The lowest BCUT2D eigenvalue weighted by atomic mass is 9.93. The molecule has 1 N–H and O–H groups in total. The molecule has 4 rings (SSSR count). The highest BCUT2D eigenvalue weighted by Crippen LogP contribution is 2.36. The fourth-order valence-corrected chi connectivity index (χ4v) is 5.50. The number of likely N-dealkylation sites (tertiary alicyclic amines) is 1. The molecule has 26 heavy (non-hydrogen) atoms. The number of nitrogens with one attached hydrogen (secondary N) is 1. The molecule has 1 fully saturated rings. The highest BCUT2D eigenvalue weighted by molar-refractivity contribution is 7.11. The van der Waals surface area contributed by atoms with Crippen molar-refractivity contribution in [2.24, 2.45) is 18.9 Å². The van der Waals surface area contributed by atoms with Crippen LogP contribution in [0.3, 0.4) is 0 Å². The molecule has 1 unspecified atom stereocenters. The lowest BCUT2D eigenvalue weighted by molar-refractivity contribution is -0.127. The van der Waals surface area contributed by atoms with Crippen molar-refractivity contribution < 1.29 is 4.79 Å². The number of aromatic nitrogens is 3. The van der Waals surface area contributed by atoms with Gasteiger partial charge in [-0.2, -0.15) is 5.10 Å². The number of amides is 1. The fourth-order valence-electron chi connectivity index (χ4n) is 4.26. The number of hydrogen-bond acceptors (Lipinski definition) is 5. The summed E-state index contributed by atoms with van der Waals surface area (Å²) in [5.41, 5.74) is 2.43. The SMILES string of the molecule is CC1CCc2nc(CNC[C@@H]3CC(=O)N(C)[C@H]3c3cnn(C)c3)sc2C1. The van der Waals surface area contributed by atoms with Gasteiger partial charge in [0.25, 0.3) is 0 Å². The molecule has 1 aliphatic heterocycles. The van der Waals surface area contributed by atoms with Crippen LogP contribution in [0.4, 0.5) is 0 Å². The highest BCUT2D eigenvalue weighted by Gasteiger charge is 2.38. The van der Waals surface area contributed by atoms with Crippen LogP contribution in [0.25, 0.3) is 0 Å². The molecule has 2 aromatic rings. The van der Waals surface area contributed by atoms with Crippen LogP contribution in [0.1, 0.15) is 46.9 Å². The van der Waals surface area contributed by atoms with Crippen molar-refractivity contribution >= 4 is 17.2 Å². The largest absolute Gasteiger partial charge is 0.338 e. The van der Waals surface area contributed by atoms with Crippen LogP contribution in [0.15, 0.2) is 12.4 Å². The Balaban J connectivity index is 1.38. The number of hydrogen-bond donors (Lipinski definition) is 1. The third-order valence-corrected chi connectivity index (χ3v) is 6.79. The molecule has 6 nitrogen and oxygen atoms in total. The Kier molecular flexibility index (Phi) is 4.84. The zero-order valence-corrected chi connectivity index (χ0v) is 16.6. The number of nitrogens with zero attached hydrogens (tertiary/aromatic N) is 4. The summed E-state index contributed by atoms with van der Waals surface area (Å²) in [7, 11) is 3.81. The minimum Gasteiger partial charge on any atom is -0.338 e. The van der Waals surface area contributed by atoms with E-state index in [1.54, 1.807) is 4.68 Å². The lowest BCUT2D eigenvalue weighted by Crippen LogP contribution is -2.28. The molecular weight excluding hydrogens is 346 g/mol. The molecule has 0 spiro atoms. The van der Waals surface area contributed by atoms with Gasteiger partial charge in [0.15, 0.2) is 0 Å². The van der Waals surface area contributed by atoms with Gasteiger partial charge in [-0.15, -0.1) is 11.3 Å². The number of aryl methyl sites for hydroxylation is 2. The maximum atomic E-state index is 12.2. The summed E-state index contributed by atoms with van der Waals surface area (Å²) in [6.45, 7) is 3.93. The number of carbonyl (C=O) groups excluding carboxylic acids is 1. The fraction of sp³-hybridized carbons (Fsp3) is 0.632. The molecule has 1 saturated heterocycles. The Morgan fingerprint density at radius 3 is 2.96 bits per heavy atom. The van der Waals surface area contributed by atoms with Gasteiger partial charge in [-0.1, -0.05) is 6.92 Å². The van der Waals surface area contributed by atoms with E-state index in [4.69, 9.17) is 4.98 Å². The Morgan fingerprint density at radius 2 is 2.19 bits per heavy atom. The first kappa shape index (κ1) is 17.7. The Labute approximate surface area is 158 Å². The van der Waals surface area contributed by atoms with Gasteiger partial charge in [-0.25, -0.2) is 4.98 Å². The maximum Gasteiger partial charge on any atom is 0.223 e. The van der Waals surface area contributed by atoms with Gasteiger partial charge >= 0.3 is 0 Å². The van der Waals surface area contributed by atoms with Gasteiger partial charge in [0.05, 0.1) is 17.9 Å². The average Bonchev–Trinajstić information content (AvgIpc) is 3.26. The van der Waals surface area contributed by atoms with Crippen molar-refractivity contribution in [2.75, 3.05) is 13.6 Å². The van der Waals surface area contributed by atoms with Crippen LogP contribution < -0.4 is 5.32 Å². The van der Waals surface area contributed by atoms with E-state index in [1.165, 1.54) is 28.4 Å². The standard InChI is InChI=1S/C19H27N5OS/c1-12-4-5-15-16(6-12)26-17(22-15)10-20-8-13-7-18(25)24(3)19(13)14-9-21-23(2)11-14/h9,11-13,19-20H,4-8,10H2,1-3H3/t12?,13-,19+/m0/s1. The normalized spacial score (nSPS) is 25.7. The van der Waals surface area contributed by atoms with Crippen molar-refractivity contribution in [2.45, 2.75) is 45.2 Å². The monoisotopic (exact) mass is 373 g/mol. The second kappa shape index (κ2) is 7.12. The van der Waals surface area contributed by atoms with Crippen LogP contribution in [0.5, 0.6) is 0 Å². The molecule has 140 valence electrons. The van der Waals surface area contributed by atoms with Gasteiger partial charge in [0.2, 0.25) is 5.91 Å². The summed E-state index contributed by atoms with van der Waals surface area (Å²) in [6.07, 6.45) is 8.05. The second-order valence-electron chi connectivity index (χ2n) is 7.82. The van der Waals surface area contributed by atoms with Crippen LogP contribution in [0, 0.1) is 11.8 Å². The van der Waals surface area contributed by atoms with E-state index in [-0.39, 0.29) is 17.9 Å². The molecule has 3 heterocycles. The van der Waals surface area contributed by atoms with E-state index >= 15 is 0 Å². The maximum absolute atomic E-state index is 12.2. The quantitative estimate of drug-likeness (QED) is 0.874. The van der Waals surface area contributed by atoms with Crippen molar-refractivity contribution in [3.63, 3.8) is 0 Å². The molecule has 0 bridgehead atoms. The number of thiazole rings is 1. The molecule has 7 heteroatoms. The third kappa shape index (κ3) is 3.42. The molecule has 1 amide bonds. The highest BCUT2D eigenvalue weighted by atomic mass is 32.1. The summed E-state index contributed by atoms with van der Waals surface area (Å²) in [4.78, 5) is 20.4. The lowest BCUT2D eigenvalue weighted by Gasteiger charge is -2.24. The predicted octanol–water partition coefficient (Wildman–Crippen LogP) is 2.31. The smallest absolute Gasteiger partial charge is 0.223 e. The number of fused-ring (bicyclic) bond motifs is 1. The minimum absolute atomic E-state index is 0.106. The zero-order valence-electron chi connectivity index (χ0n) is 15.7. The average molecular weight is 374 g/mol. The van der Waals surface area contributed by atoms with Gasteiger partial charge in [-0.3, -0.25) is 9.48 Å². The van der Waals surface area contributed by atoms with Gasteiger partial charge in [0.1, 0.15) is 5.01 Å². The van der Waals surface area contributed by atoms with Gasteiger partial charge in [0, 0.05) is 56.2 Å². The first-order valence-corrected chi connectivity index (χ1v) is 10.2. The molecule has 2 aliphatic rings. The van der Waals surface area contributed by atoms with E-state index in [0.29, 0.717) is 6.42 Å². The summed E-state index contributed by atoms with van der Waals surface area (Å²) in [5.74, 6) is 1.26. The van der Waals surface area contributed by atoms with Crippen molar-refractivity contribution in [3.05, 3.63) is 33.5 Å². The molecule has 3 atom stereocenters. The van der Waals surface area contributed by atoms with E-state index in [9.17, 15) is 4.79 Å². The van der Waals surface area contributed by atoms with E-state index < -0.39 is 0 Å². The summed E-state index contributed by atoms with van der Waals surface area (Å²) in [6, 6.07) is 0.106. The number of rotatable bonds is 5. The van der Waals surface area contributed by atoms with Crippen molar-refractivity contribution in [1.29, 1.82) is 0 Å². The Hall–Kier alpha value is -1.73. The summed E-state index contributed by atoms with van der Waals surface area (Å²) in [5, 5.41) is 9.01. The second-order valence-corrected chi connectivity index (χ2v) is 8.99. The van der Waals surface area contributed by atoms with Gasteiger partial charge < -0.3 is 10.2 Å².